The van der Waals surface area contributed by atoms with E-state index in [0.717, 1.165) is 28.1 Å². The number of hydrogen-bond acceptors (Lipinski definition) is 6. The summed E-state index contributed by atoms with van der Waals surface area (Å²) in [6.45, 7) is 5.92. The molecular formula is C32H30ClN3O3. The van der Waals surface area contributed by atoms with Gasteiger partial charge in [-0.3, -0.25) is 9.69 Å². The van der Waals surface area contributed by atoms with Crippen molar-refractivity contribution in [1.82, 2.24) is 0 Å². The summed E-state index contributed by atoms with van der Waals surface area (Å²) in [6.07, 6.45) is -0.523. The highest BCUT2D eigenvalue weighted by Gasteiger charge is 2.41. The number of rotatable bonds is 8. The monoisotopic (exact) mass is 539 g/mol. The molecule has 198 valence electrons. The van der Waals surface area contributed by atoms with Crippen LogP contribution < -0.4 is 19.4 Å². The molecule has 0 spiro atoms. The number of aryl methyl sites for hydroxylation is 2. The Kier molecular flexibility index (Phi) is 7.57. The molecule has 7 heteroatoms. The summed E-state index contributed by atoms with van der Waals surface area (Å²) in [5.74, 6) is 1.33. The molecule has 0 aliphatic carbocycles. The zero-order chi connectivity index (χ0) is 27.5. The first-order chi connectivity index (χ1) is 18.9. The Bertz CT molecular complexity index is 1540. The Labute approximate surface area is 234 Å². The molecule has 0 bridgehead atoms. The Morgan fingerprint density at radius 2 is 1.64 bits per heavy atom. The molecule has 4 aromatic carbocycles. The first-order valence-corrected chi connectivity index (χ1v) is 13.1. The van der Waals surface area contributed by atoms with E-state index in [4.69, 9.17) is 26.2 Å². The second-order valence-electron chi connectivity index (χ2n) is 9.43. The summed E-state index contributed by atoms with van der Waals surface area (Å²) < 4.78 is 12.2. The number of Topliss-reactive ketones (excluding diaryl/α,β-unsaturated/α-hetero) is 1. The third-order valence-corrected chi connectivity index (χ3v) is 7.22. The average Bonchev–Trinajstić information content (AvgIpc) is 3.35. The summed E-state index contributed by atoms with van der Waals surface area (Å²) in [6, 6.07) is 29.3. The van der Waals surface area contributed by atoms with Crippen molar-refractivity contribution in [3.8, 4) is 11.5 Å². The van der Waals surface area contributed by atoms with E-state index in [1.54, 1.807) is 14.0 Å². The second kappa shape index (κ2) is 11.2. The van der Waals surface area contributed by atoms with Gasteiger partial charge in [-0.25, -0.2) is 5.01 Å². The molecule has 0 radical (unpaired) electrons. The Morgan fingerprint density at radius 3 is 2.33 bits per heavy atom. The maximum absolute atomic E-state index is 13.0. The van der Waals surface area contributed by atoms with Crippen LogP contribution in [0.2, 0.25) is 5.02 Å². The fraction of sp³-hybridized carbons (Fsp3) is 0.188. The quantitative estimate of drug-likeness (QED) is 0.232. The van der Waals surface area contributed by atoms with Crippen molar-refractivity contribution in [2.24, 2.45) is 5.10 Å². The molecule has 5 rings (SSSR count). The van der Waals surface area contributed by atoms with Gasteiger partial charge >= 0.3 is 0 Å². The first kappa shape index (κ1) is 26.3. The predicted octanol–water partition coefficient (Wildman–Crippen LogP) is 7.47. The van der Waals surface area contributed by atoms with Crippen molar-refractivity contribution in [3.63, 3.8) is 0 Å². The minimum absolute atomic E-state index is 0.141. The van der Waals surface area contributed by atoms with E-state index in [1.807, 2.05) is 88.8 Å². The molecular weight excluding hydrogens is 510 g/mol. The van der Waals surface area contributed by atoms with E-state index in [0.29, 0.717) is 22.4 Å². The molecule has 6 nitrogen and oxygen atoms in total. The number of ketones is 1. The first-order valence-electron chi connectivity index (χ1n) is 12.7. The van der Waals surface area contributed by atoms with Crippen LogP contribution in [0.1, 0.15) is 35.3 Å². The van der Waals surface area contributed by atoms with Crippen molar-refractivity contribution >= 4 is 34.6 Å². The van der Waals surface area contributed by atoms with Gasteiger partial charge in [0.1, 0.15) is 6.61 Å². The van der Waals surface area contributed by atoms with E-state index < -0.39 is 6.17 Å². The van der Waals surface area contributed by atoms with Gasteiger partial charge in [0, 0.05) is 28.8 Å². The molecule has 1 aliphatic heterocycles. The molecule has 0 saturated carbocycles. The molecule has 1 unspecified atom stereocenters. The summed E-state index contributed by atoms with van der Waals surface area (Å²) >= 11 is 6.44. The number of carbonyl (C=O) groups excluding carboxylic acids is 1. The summed E-state index contributed by atoms with van der Waals surface area (Å²) in [4.78, 5) is 15.0. The minimum Gasteiger partial charge on any atom is -0.493 e. The lowest BCUT2D eigenvalue weighted by Crippen LogP contribution is -2.38. The largest absolute Gasteiger partial charge is 0.493 e. The van der Waals surface area contributed by atoms with Gasteiger partial charge in [-0.15, -0.1) is 5.10 Å². The van der Waals surface area contributed by atoms with Crippen molar-refractivity contribution < 1.29 is 14.3 Å². The maximum atomic E-state index is 13.0. The van der Waals surface area contributed by atoms with Crippen molar-refractivity contribution in [2.45, 2.75) is 33.5 Å². The van der Waals surface area contributed by atoms with Crippen LogP contribution >= 0.6 is 11.6 Å². The number of hydrazone groups is 1. The van der Waals surface area contributed by atoms with Crippen LogP contribution in [0.4, 0.5) is 11.4 Å². The van der Waals surface area contributed by atoms with Crippen molar-refractivity contribution in [2.75, 3.05) is 17.0 Å². The Morgan fingerprint density at radius 1 is 0.897 bits per heavy atom. The van der Waals surface area contributed by atoms with Gasteiger partial charge in [-0.1, -0.05) is 66.2 Å². The lowest BCUT2D eigenvalue weighted by Gasteiger charge is -2.33. The number of halogens is 1. The number of anilines is 2. The van der Waals surface area contributed by atoms with E-state index >= 15 is 0 Å². The molecule has 0 saturated heterocycles. The van der Waals surface area contributed by atoms with Gasteiger partial charge in [0.25, 0.3) is 0 Å². The highest BCUT2D eigenvalue weighted by atomic mass is 35.5. The standard InChI is InChI=1S/C32H30ClN3O3/c1-21-17-18-26(19-22(21)2)35-31(23(3)37)34-36(25-12-6-5-7-13-25)32(35)27-14-10-16-29(38-4)30(27)39-20-24-11-8-9-15-28(24)33/h5-19,32H,20H2,1-4H3. The zero-order valence-corrected chi connectivity index (χ0v) is 23.1. The highest BCUT2D eigenvalue weighted by Crippen LogP contribution is 2.45. The maximum Gasteiger partial charge on any atom is 0.198 e. The molecule has 39 heavy (non-hydrogen) atoms. The Balaban J connectivity index is 1.69. The molecule has 1 heterocycles. The highest BCUT2D eigenvalue weighted by molar-refractivity contribution is 6.44. The van der Waals surface area contributed by atoms with Crippen molar-refractivity contribution in [3.05, 3.63) is 118 Å². The number of benzene rings is 4. The summed E-state index contributed by atoms with van der Waals surface area (Å²) in [5, 5.41) is 7.35. The molecule has 1 aliphatic rings. The van der Waals surface area contributed by atoms with E-state index in [-0.39, 0.29) is 12.4 Å². The van der Waals surface area contributed by atoms with Crippen LogP contribution in [0.25, 0.3) is 0 Å². The zero-order valence-electron chi connectivity index (χ0n) is 22.4. The van der Waals surface area contributed by atoms with E-state index in [1.165, 1.54) is 5.56 Å². The average molecular weight is 540 g/mol. The van der Waals surface area contributed by atoms with Gasteiger partial charge < -0.3 is 9.47 Å². The lowest BCUT2D eigenvalue weighted by molar-refractivity contribution is -0.111. The van der Waals surface area contributed by atoms with Crippen LogP contribution in [0.15, 0.2) is 96.1 Å². The van der Waals surface area contributed by atoms with Gasteiger partial charge in [-0.05, 0) is 61.4 Å². The van der Waals surface area contributed by atoms with E-state index in [2.05, 4.69) is 26.0 Å². The van der Waals surface area contributed by atoms with Gasteiger partial charge in [-0.2, -0.15) is 0 Å². The van der Waals surface area contributed by atoms with Crippen LogP contribution in [-0.4, -0.2) is 18.7 Å². The van der Waals surface area contributed by atoms with Crippen LogP contribution in [-0.2, 0) is 11.4 Å². The van der Waals surface area contributed by atoms with Crippen molar-refractivity contribution in [1.29, 1.82) is 0 Å². The fourth-order valence-electron chi connectivity index (χ4n) is 4.68. The second-order valence-corrected chi connectivity index (χ2v) is 9.84. The van der Waals surface area contributed by atoms with Gasteiger partial charge in [0.05, 0.1) is 12.8 Å². The topological polar surface area (TPSA) is 54.4 Å². The number of ether oxygens (including phenoxy) is 2. The fourth-order valence-corrected chi connectivity index (χ4v) is 4.87. The van der Waals surface area contributed by atoms with Crippen LogP contribution in [0.5, 0.6) is 11.5 Å². The third kappa shape index (κ3) is 5.20. The molecule has 0 fully saturated rings. The smallest absolute Gasteiger partial charge is 0.198 e. The molecule has 4 aromatic rings. The molecule has 1 atom stereocenters. The normalized spacial score (nSPS) is 14.8. The minimum atomic E-state index is -0.523. The third-order valence-electron chi connectivity index (χ3n) is 6.85. The number of amidine groups is 1. The predicted molar refractivity (Wildman–Crippen MR) is 157 cm³/mol. The van der Waals surface area contributed by atoms with E-state index in [9.17, 15) is 4.79 Å². The van der Waals surface area contributed by atoms with Gasteiger partial charge in [0.15, 0.2) is 29.3 Å². The number of carbonyl (C=O) groups is 1. The van der Waals surface area contributed by atoms with Gasteiger partial charge in [0.2, 0.25) is 0 Å². The Hall–Kier alpha value is -4.29. The number of methoxy groups -OCH3 is 1. The summed E-state index contributed by atoms with van der Waals surface area (Å²) in [5.41, 5.74) is 5.63. The number of nitrogens with zero attached hydrogens (tertiary/aromatic N) is 3. The molecule has 0 N–H and O–H groups in total. The molecule has 0 amide bonds. The number of hydrogen-bond donors (Lipinski definition) is 0. The van der Waals surface area contributed by atoms with Crippen LogP contribution in [0, 0.1) is 13.8 Å². The SMILES string of the molecule is COc1cccc(C2N(c3ccccc3)N=C(C(C)=O)N2c2ccc(C)c(C)c2)c1OCc1ccccc1Cl. The number of para-hydroxylation sites is 2. The summed E-state index contributed by atoms with van der Waals surface area (Å²) in [7, 11) is 1.61. The lowest BCUT2D eigenvalue weighted by atomic mass is 10.0. The molecule has 0 aromatic heterocycles. The van der Waals surface area contributed by atoms with Crippen LogP contribution in [0.3, 0.4) is 0 Å².